The third-order valence-corrected chi connectivity index (χ3v) is 6.24. The van der Waals surface area contributed by atoms with E-state index in [-0.39, 0.29) is 23.0 Å². The Balaban J connectivity index is 1.39. The second-order valence-electron chi connectivity index (χ2n) is 7.04. The van der Waals surface area contributed by atoms with Gasteiger partial charge in [0.2, 0.25) is 5.89 Å². The van der Waals surface area contributed by atoms with Gasteiger partial charge in [-0.3, -0.25) is 14.6 Å². The maximum absolute atomic E-state index is 12.9. The number of thiophene rings is 1. The second kappa shape index (κ2) is 6.30. The number of ketones is 2. The Labute approximate surface area is 174 Å². The summed E-state index contributed by atoms with van der Waals surface area (Å²) >= 11 is 1.48. The molecule has 142 valence electrons. The molecule has 0 aliphatic heterocycles. The van der Waals surface area contributed by atoms with Crippen LogP contribution in [0.4, 0.5) is 0 Å². The summed E-state index contributed by atoms with van der Waals surface area (Å²) in [7, 11) is 0. The number of hydrogen-bond acceptors (Lipinski definition) is 6. The van der Waals surface area contributed by atoms with Crippen molar-refractivity contribution in [1.82, 2.24) is 9.97 Å². The third kappa shape index (κ3) is 2.54. The molecule has 0 N–H and O–H groups in total. The Bertz CT molecular complexity index is 1440. The molecule has 5 nitrogen and oxygen atoms in total. The maximum Gasteiger partial charge on any atom is 0.221 e. The topological polar surface area (TPSA) is 73.1 Å². The van der Waals surface area contributed by atoms with Crippen molar-refractivity contribution in [2.24, 2.45) is 0 Å². The smallest absolute Gasteiger partial charge is 0.221 e. The van der Waals surface area contributed by atoms with E-state index in [0.29, 0.717) is 21.5 Å². The van der Waals surface area contributed by atoms with Crippen LogP contribution in [0, 0.1) is 0 Å². The lowest BCUT2D eigenvalue weighted by atomic mass is 10.0. The molecule has 5 aromatic rings. The van der Waals surface area contributed by atoms with E-state index in [2.05, 4.69) is 9.97 Å². The van der Waals surface area contributed by atoms with Crippen molar-refractivity contribution in [3.63, 3.8) is 0 Å². The van der Waals surface area contributed by atoms with Gasteiger partial charge in [0, 0.05) is 46.1 Å². The number of benzene rings is 2. The van der Waals surface area contributed by atoms with Gasteiger partial charge in [0.15, 0.2) is 22.0 Å². The monoisotopic (exact) mass is 408 g/mol. The lowest BCUT2D eigenvalue weighted by Crippen LogP contribution is -2.00. The SMILES string of the molecule is O=C1C(=Cc2nc3sc(-c4cccnc4)cc3o2)C(=O)c2cc3ccccc3cc21. The highest BCUT2D eigenvalue weighted by Crippen LogP contribution is 2.35. The Morgan fingerprint density at radius 1 is 0.900 bits per heavy atom. The van der Waals surface area contributed by atoms with Gasteiger partial charge in [0.05, 0.1) is 5.57 Å². The van der Waals surface area contributed by atoms with Gasteiger partial charge in [0.25, 0.3) is 0 Å². The number of aromatic nitrogens is 2. The van der Waals surface area contributed by atoms with Gasteiger partial charge in [0.1, 0.15) is 0 Å². The molecule has 1 aliphatic carbocycles. The van der Waals surface area contributed by atoms with Crippen LogP contribution in [0.3, 0.4) is 0 Å². The van der Waals surface area contributed by atoms with Crippen LogP contribution in [-0.2, 0) is 0 Å². The van der Waals surface area contributed by atoms with Crippen LogP contribution in [0.2, 0.25) is 0 Å². The molecule has 0 unspecified atom stereocenters. The van der Waals surface area contributed by atoms with E-state index in [1.807, 2.05) is 42.5 Å². The van der Waals surface area contributed by atoms with Gasteiger partial charge in [-0.15, -0.1) is 11.3 Å². The molecule has 0 saturated carbocycles. The predicted octanol–water partition coefficient (Wildman–Crippen LogP) is 5.57. The van der Waals surface area contributed by atoms with E-state index >= 15 is 0 Å². The van der Waals surface area contributed by atoms with Crippen molar-refractivity contribution in [1.29, 1.82) is 0 Å². The van der Waals surface area contributed by atoms with Crippen LogP contribution >= 0.6 is 11.3 Å². The highest BCUT2D eigenvalue weighted by molar-refractivity contribution is 7.21. The summed E-state index contributed by atoms with van der Waals surface area (Å²) < 4.78 is 5.80. The summed E-state index contributed by atoms with van der Waals surface area (Å²) in [6, 6.07) is 17.0. The highest BCUT2D eigenvalue weighted by atomic mass is 32.1. The molecule has 2 aromatic carbocycles. The number of pyridine rings is 1. The number of carbonyl (C=O) groups excluding carboxylic acids is 2. The minimum atomic E-state index is -0.293. The summed E-state index contributed by atoms with van der Waals surface area (Å²) in [5.74, 6) is -0.334. The molecule has 0 saturated heterocycles. The largest absolute Gasteiger partial charge is 0.436 e. The average molecular weight is 408 g/mol. The molecule has 0 atom stereocenters. The van der Waals surface area contributed by atoms with Crippen LogP contribution in [0.25, 0.3) is 37.7 Å². The van der Waals surface area contributed by atoms with Crippen LogP contribution in [0.1, 0.15) is 26.6 Å². The molecule has 1 aliphatic rings. The van der Waals surface area contributed by atoms with Crippen molar-refractivity contribution >= 4 is 50.2 Å². The summed E-state index contributed by atoms with van der Waals surface area (Å²) in [5.41, 5.74) is 2.54. The van der Waals surface area contributed by atoms with Crippen molar-refractivity contribution in [3.8, 4) is 10.4 Å². The Morgan fingerprint density at radius 2 is 1.63 bits per heavy atom. The zero-order chi connectivity index (χ0) is 20.2. The predicted molar refractivity (Wildman–Crippen MR) is 116 cm³/mol. The average Bonchev–Trinajstić information content (AvgIpc) is 3.41. The van der Waals surface area contributed by atoms with Crippen molar-refractivity contribution in [2.45, 2.75) is 0 Å². The van der Waals surface area contributed by atoms with Crippen LogP contribution in [0.15, 0.2) is 77.0 Å². The van der Waals surface area contributed by atoms with Gasteiger partial charge < -0.3 is 4.42 Å². The van der Waals surface area contributed by atoms with Crippen LogP contribution in [-0.4, -0.2) is 21.5 Å². The Kier molecular flexibility index (Phi) is 3.57. The normalized spacial score (nSPS) is 13.4. The summed E-state index contributed by atoms with van der Waals surface area (Å²) in [6.07, 6.45) is 4.96. The van der Waals surface area contributed by atoms with E-state index in [4.69, 9.17) is 4.42 Å². The number of hydrogen-bond donors (Lipinski definition) is 0. The number of nitrogens with zero attached hydrogens (tertiary/aromatic N) is 2. The molecule has 30 heavy (non-hydrogen) atoms. The van der Waals surface area contributed by atoms with Crippen LogP contribution < -0.4 is 0 Å². The molecule has 6 rings (SSSR count). The first-order chi connectivity index (χ1) is 14.7. The van der Waals surface area contributed by atoms with E-state index in [9.17, 15) is 9.59 Å². The molecule has 0 radical (unpaired) electrons. The second-order valence-corrected chi connectivity index (χ2v) is 8.07. The molecular formula is C24H12N2O3S. The number of carbonyl (C=O) groups is 2. The van der Waals surface area contributed by atoms with E-state index in [1.54, 1.807) is 24.5 Å². The van der Waals surface area contributed by atoms with Crippen molar-refractivity contribution in [3.05, 3.63) is 89.6 Å². The number of oxazole rings is 1. The summed E-state index contributed by atoms with van der Waals surface area (Å²) in [5, 5.41) is 1.86. The molecule has 0 amide bonds. The minimum absolute atomic E-state index is 0.0849. The number of allylic oxidation sites excluding steroid dienone is 1. The van der Waals surface area contributed by atoms with Gasteiger partial charge in [-0.05, 0) is 29.0 Å². The Morgan fingerprint density at radius 3 is 2.27 bits per heavy atom. The molecule has 6 heteroatoms. The molecule has 3 heterocycles. The molecule has 3 aromatic heterocycles. The lowest BCUT2D eigenvalue weighted by Gasteiger charge is -2.00. The fourth-order valence-corrected chi connectivity index (χ4v) is 4.68. The van der Waals surface area contributed by atoms with E-state index < -0.39 is 0 Å². The zero-order valence-corrected chi connectivity index (χ0v) is 16.3. The summed E-state index contributed by atoms with van der Waals surface area (Å²) in [6.45, 7) is 0. The molecule has 0 fully saturated rings. The first-order valence-corrected chi connectivity index (χ1v) is 10.1. The summed E-state index contributed by atoms with van der Waals surface area (Å²) in [4.78, 5) is 36.1. The fourth-order valence-electron chi connectivity index (χ4n) is 3.73. The molecular weight excluding hydrogens is 396 g/mol. The number of rotatable bonds is 2. The quantitative estimate of drug-likeness (QED) is 0.282. The first-order valence-electron chi connectivity index (χ1n) is 9.32. The van der Waals surface area contributed by atoms with Crippen molar-refractivity contribution in [2.75, 3.05) is 0 Å². The number of Topliss-reactive ketones (excluding diaryl/α,β-unsaturated/α-hetero) is 2. The van der Waals surface area contributed by atoms with E-state index in [0.717, 1.165) is 21.2 Å². The standard InChI is InChI=1S/C24H12N2O3S/c27-22-16-8-13-4-1-2-5-14(13)9-17(16)23(28)18(22)10-21-26-24-19(29-21)11-20(30-24)15-6-3-7-25-12-15/h1-12H. The van der Waals surface area contributed by atoms with E-state index in [1.165, 1.54) is 17.4 Å². The molecule has 0 bridgehead atoms. The Hall–Kier alpha value is -3.90. The lowest BCUT2D eigenvalue weighted by molar-refractivity contribution is 0.0990. The fraction of sp³-hybridized carbons (Fsp3) is 0. The van der Waals surface area contributed by atoms with Gasteiger partial charge >= 0.3 is 0 Å². The first kappa shape index (κ1) is 17.0. The molecule has 0 spiro atoms. The third-order valence-electron chi connectivity index (χ3n) is 5.18. The minimum Gasteiger partial charge on any atom is -0.436 e. The van der Waals surface area contributed by atoms with Gasteiger partial charge in [-0.1, -0.05) is 30.3 Å². The van der Waals surface area contributed by atoms with Gasteiger partial charge in [-0.2, -0.15) is 4.98 Å². The van der Waals surface area contributed by atoms with Gasteiger partial charge in [-0.25, -0.2) is 0 Å². The zero-order valence-electron chi connectivity index (χ0n) is 15.5. The highest BCUT2D eigenvalue weighted by Gasteiger charge is 2.34. The van der Waals surface area contributed by atoms with Crippen LogP contribution in [0.5, 0.6) is 0 Å². The van der Waals surface area contributed by atoms with Crippen molar-refractivity contribution < 1.29 is 14.0 Å². The number of fused-ring (bicyclic) bond motifs is 3. The maximum atomic E-state index is 12.9.